The average Bonchev–Trinajstić information content (AvgIpc) is 2.15. The zero-order chi connectivity index (χ0) is 9.68. The van der Waals surface area contributed by atoms with Crippen molar-refractivity contribution in [3.05, 3.63) is 67.0 Å². The lowest BCUT2D eigenvalue weighted by Crippen LogP contribution is -1.80. The Morgan fingerprint density at radius 1 is 1.23 bits per heavy atom. The van der Waals surface area contributed by atoms with Gasteiger partial charge >= 0.3 is 0 Å². The summed E-state index contributed by atoms with van der Waals surface area (Å²) in [6.07, 6.45) is 3.28. The lowest BCUT2D eigenvalue weighted by atomic mass is 10.1. The minimum Gasteiger partial charge on any atom is -0.509 e. The molecular weight excluding hydrogens is 160 g/mol. The first kappa shape index (κ1) is 9.33. The van der Waals surface area contributed by atoms with E-state index >= 15 is 0 Å². The number of rotatable bonds is 3. The Morgan fingerprint density at radius 2 is 1.85 bits per heavy atom. The number of aliphatic hydroxyl groups is 1. The highest BCUT2D eigenvalue weighted by atomic mass is 16.3. The van der Waals surface area contributed by atoms with Crippen molar-refractivity contribution in [2.75, 3.05) is 0 Å². The van der Waals surface area contributed by atoms with Gasteiger partial charge in [-0.3, -0.25) is 0 Å². The first-order valence-corrected chi connectivity index (χ1v) is 4.01. The summed E-state index contributed by atoms with van der Waals surface area (Å²) in [7, 11) is 0. The molecule has 0 atom stereocenters. The number of benzene rings is 1. The predicted molar refractivity (Wildman–Crippen MR) is 56.4 cm³/mol. The molecule has 0 bridgehead atoms. The van der Waals surface area contributed by atoms with E-state index in [0.29, 0.717) is 0 Å². The molecule has 1 rings (SSSR count). The van der Waals surface area contributed by atoms with Crippen molar-refractivity contribution >= 4 is 5.57 Å². The van der Waals surface area contributed by atoms with Gasteiger partial charge in [0.2, 0.25) is 0 Å². The molecule has 0 amide bonds. The van der Waals surface area contributed by atoms with Gasteiger partial charge in [-0.15, -0.1) is 0 Å². The minimum atomic E-state index is 0.0405. The quantitative estimate of drug-likeness (QED) is 0.547. The van der Waals surface area contributed by atoms with Gasteiger partial charge in [-0.2, -0.15) is 0 Å². The Kier molecular flexibility index (Phi) is 3.09. The third kappa shape index (κ3) is 2.64. The molecule has 66 valence electrons. The molecular formula is C12H12O. The maximum atomic E-state index is 9.00. The minimum absolute atomic E-state index is 0.0405. The summed E-state index contributed by atoms with van der Waals surface area (Å²) in [5, 5.41) is 9.00. The second-order valence-corrected chi connectivity index (χ2v) is 2.66. The molecule has 0 aliphatic carbocycles. The van der Waals surface area contributed by atoms with Gasteiger partial charge in [-0.1, -0.05) is 49.6 Å². The van der Waals surface area contributed by atoms with Gasteiger partial charge in [0.1, 0.15) is 5.76 Å². The van der Waals surface area contributed by atoms with E-state index in [1.807, 2.05) is 30.3 Å². The van der Waals surface area contributed by atoms with Crippen LogP contribution in [0.2, 0.25) is 0 Å². The molecule has 0 radical (unpaired) electrons. The SMILES string of the molecule is C=C/C(=C\C(=C)O)c1ccccc1. The lowest BCUT2D eigenvalue weighted by Gasteiger charge is -2.00. The topological polar surface area (TPSA) is 20.2 Å². The van der Waals surface area contributed by atoms with Gasteiger partial charge in [0.05, 0.1) is 0 Å². The van der Waals surface area contributed by atoms with Crippen LogP contribution in [0.1, 0.15) is 5.56 Å². The van der Waals surface area contributed by atoms with E-state index in [4.69, 9.17) is 5.11 Å². The smallest absolute Gasteiger partial charge is 0.109 e. The molecule has 0 spiro atoms. The van der Waals surface area contributed by atoms with Crippen LogP contribution in [0.15, 0.2) is 61.4 Å². The molecule has 0 aliphatic rings. The maximum absolute atomic E-state index is 9.00. The molecule has 1 aromatic rings. The number of hydrogen-bond donors (Lipinski definition) is 1. The van der Waals surface area contributed by atoms with E-state index in [1.54, 1.807) is 12.2 Å². The van der Waals surface area contributed by atoms with Gasteiger partial charge in [0.15, 0.2) is 0 Å². The fourth-order valence-electron chi connectivity index (χ4n) is 1.07. The van der Waals surface area contributed by atoms with E-state index in [9.17, 15) is 0 Å². The van der Waals surface area contributed by atoms with Gasteiger partial charge in [-0.05, 0) is 17.2 Å². The van der Waals surface area contributed by atoms with Crippen LogP contribution < -0.4 is 0 Å². The molecule has 0 saturated carbocycles. The molecule has 13 heavy (non-hydrogen) atoms. The highest BCUT2D eigenvalue weighted by Crippen LogP contribution is 2.15. The third-order valence-electron chi connectivity index (χ3n) is 1.65. The van der Waals surface area contributed by atoms with Crippen LogP contribution in [-0.2, 0) is 0 Å². The normalized spacial score (nSPS) is 10.9. The Labute approximate surface area is 78.3 Å². The molecule has 1 nitrogen and oxygen atoms in total. The number of hydrogen-bond acceptors (Lipinski definition) is 1. The van der Waals surface area contributed by atoms with E-state index in [2.05, 4.69) is 13.2 Å². The molecule has 0 saturated heterocycles. The van der Waals surface area contributed by atoms with E-state index in [-0.39, 0.29) is 5.76 Å². The summed E-state index contributed by atoms with van der Waals surface area (Å²) >= 11 is 0. The van der Waals surface area contributed by atoms with Crippen molar-refractivity contribution in [3.63, 3.8) is 0 Å². The van der Waals surface area contributed by atoms with E-state index in [0.717, 1.165) is 11.1 Å². The van der Waals surface area contributed by atoms with Crippen LogP contribution in [0.4, 0.5) is 0 Å². The van der Waals surface area contributed by atoms with Crippen molar-refractivity contribution in [3.8, 4) is 0 Å². The second kappa shape index (κ2) is 4.31. The third-order valence-corrected chi connectivity index (χ3v) is 1.65. The fraction of sp³-hybridized carbons (Fsp3) is 0. The Morgan fingerprint density at radius 3 is 2.31 bits per heavy atom. The second-order valence-electron chi connectivity index (χ2n) is 2.66. The van der Waals surface area contributed by atoms with Crippen molar-refractivity contribution < 1.29 is 5.11 Å². The predicted octanol–water partition coefficient (Wildman–Crippen LogP) is 3.33. The van der Waals surface area contributed by atoms with Crippen LogP contribution in [0.5, 0.6) is 0 Å². The van der Waals surface area contributed by atoms with Crippen LogP contribution in [0.25, 0.3) is 5.57 Å². The largest absolute Gasteiger partial charge is 0.509 e. The standard InChI is InChI=1S/C12H12O/c1-3-11(9-10(2)13)12-7-5-4-6-8-12/h3-9,13H,1-2H2/b11-9+. The zero-order valence-corrected chi connectivity index (χ0v) is 7.40. The molecule has 1 N–H and O–H groups in total. The average molecular weight is 172 g/mol. The highest BCUT2D eigenvalue weighted by molar-refractivity contribution is 5.74. The summed E-state index contributed by atoms with van der Waals surface area (Å²) in [5.41, 5.74) is 1.89. The summed E-state index contributed by atoms with van der Waals surface area (Å²) in [6, 6.07) is 9.73. The zero-order valence-electron chi connectivity index (χ0n) is 7.40. The van der Waals surface area contributed by atoms with Gasteiger partial charge in [0.25, 0.3) is 0 Å². The molecule has 0 aromatic heterocycles. The summed E-state index contributed by atoms with van der Waals surface area (Å²) in [5.74, 6) is 0.0405. The van der Waals surface area contributed by atoms with Gasteiger partial charge in [0, 0.05) is 0 Å². The monoisotopic (exact) mass is 172 g/mol. The van der Waals surface area contributed by atoms with Crippen molar-refractivity contribution in [2.45, 2.75) is 0 Å². The van der Waals surface area contributed by atoms with Crippen molar-refractivity contribution in [1.29, 1.82) is 0 Å². The summed E-state index contributed by atoms with van der Waals surface area (Å²) < 4.78 is 0. The molecule has 0 heterocycles. The number of allylic oxidation sites excluding steroid dienone is 3. The Bertz CT molecular complexity index is 333. The molecule has 0 aliphatic heterocycles. The number of aliphatic hydroxyl groups excluding tert-OH is 1. The van der Waals surface area contributed by atoms with Crippen LogP contribution >= 0.6 is 0 Å². The Hall–Kier alpha value is -1.76. The molecule has 0 fully saturated rings. The summed E-state index contributed by atoms with van der Waals surface area (Å²) in [6.45, 7) is 7.07. The van der Waals surface area contributed by atoms with Crippen LogP contribution in [-0.4, -0.2) is 5.11 Å². The van der Waals surface area contributed by atoms with Gasteiger partial charge < -0.3 is 5.11 Å². The van der Waals surface area contributed by atoms with Crippen LogP contribution in [0, 0.1) is 0 Å². The van der Waals surface area contributed by atoms with E-state index < -0.39 is 0 Å². The van der Waals surface area contributed by atoms with Crippen LogP contribution in [0.3, 0.4) is 0 Å². The first-order chi connectivity index (χ1) is 6.24. The van der Waals surface area contributed by atoms with Crippen molar-refractivity contribution in [1.82, 2.24) is 0 Å². The lowest BCUT2D eigenvalue weighted by molar-refractivity contribution is 0.435. The first-order valence-electron chi connectivity index (χ1n) is 4.01. The van der Waals surface area contributed by atoms with Crippen molar-refractivity contribution in [2.24, 2.45) is 0 Å². The Balaban J connectivity index is 3.05. The van der Waals surface area contributed by atoms with Gasteiger partial charge in [-0.25, -0.2) is 0 Å². The molecule has 0 unspecified atom stereocenters. The molecule has 1 aromatic carbocycles. The summed E-state index contributed by atoms with van der Waals surface area (Å²) in [4.78, 5) is 0. The highest BCUT2D eigenvalue weighted by Gasteiger charge is 1.95. The fourth-order valence-corrected chi connectivity index (χ4v) is 1.07. The maximum Gasteiger partial charge on any atom is 0.109 e. The van der Waals surface area contributed by atoms with E-state index in [1.165, 1.54) is 0 Å². The molecule has 1 heteroatoms.